The molecule has 0 bridgehead atoms. The molecule has 0 saturated heterocycles. The second-order valence-corrected chi connectivity index (χ2v) is 4.42. The lowest BCUT2D eigenvalue weighted by atomic mass is 10.1. The predicted octanol–water partition coefficient (Wildman–Crippen LogP) is 2.46. The molecule has 0 unspecified atom stereocenters. The summed E-state index contributed by atoms with van der Waals surface area (Å²) >= 11 is 0. The lowest BCUT2D eigenvalue weighted by molar-refractivity contribution is -0.117. The van der Waals surface area contributed by atoms with E-state index in [4.69, 9.17) is 10.5 Å². The number of hydrogen-bond acceptors (Lipinski definition) is 3. The van der Waals surface area contributed by atoms with Crippen LogP contribution in [0.15, 0.2) is 18.2 Å². The van der Waals surface area contributed by atoms with Gasteiger partial charge >= 0.3 is 0 Å². The molecule has 1 aromatic carbocycles. The minimum atomic E-state index is -0.438. The molecule has 1 amide bonds. The van der Waals surface area contributed by atoms with Gasteiger partial charge in [-0.2, -0.15) is 0 Å². The molecule has 4 nitrogen and oxygen atoms in total. The van der Waals surface area contributed by atoms with E-state index in [1.807, 2.05) is 25.1 Å². The molecule has 0 radical (unpaired) electrons. The van der Waals surface area contributed by atoms with Gasteiger partial charge in [0.05, 0.1) is 13.2 Å². The van der Waals surface area contributed by atoms with Gasteiger partial charge in [-0.3, -0.25) is 4.79 Å². The zero-order valence-electron chi connectivity index (χ0n) is 11.3. The maximum atomic E-state index is 11.8. The Bertz CT molecular complexity index is 405. The number of nitrogens with one attached hydrogen (secondary N) is 1. The van der Waals surface area contributed by atoms with Crippen LogP contribution in [0.2, 0.25) is 0 Å². The summed E-state index contributed by atoms with van der Waals surface area (Å²) in [6.07, 6.45) is 2.73. The highest BCUT2D eigenvalue weighted by Gasteiger charge is 2.13. The van der Waals surface area contributed by atoms with Crippen molar-refractivity contribution in [3.63, 3.8) is 0 Å². The number of ether oxygens (including phenoxy) is 1. The highest BCUT2D eigenvalue weighted by molar-refractivity contribution is 5.94. The molecule has 18 heavy (non-hydrogen) atoms. The average Bonchev–Trinajstić information content (AvgIpc) is 2.36. The number of carbonyl (C=O) groups is 1. The third-order valence-corrected chi connectivity index (χ3v) is 2.87. The molecule has 1 atom stereocenters. The van der Waals surface area contributed by atoms with Crippen LogP contribution in [0.3, 0.4) is 0 Å². The number of benzene rings is 1. The number of carbonyl (C=O) groups excluding carboxylic acids is 1. The lowest BCUT2D eigenvalue weighted by Gasteiger charge is -2.13. The number of amides is 1. The van der Waals surface area contributed by atoms with E-state index in [-0.39, 0.29) is 5.91 Å². The van der Waals surface area contributed by atoms with E-state index in [0.717, 1.165) is 36.3 Å². The molecule has 0 aromatic heterocycles. The molecular formula is C14H22N2O2. The Morgan fingerprint density at radius 2 is 2.22 bits per heavy atom. The Labute approximate surface area is 109 Å². The molecule has 0 fully saturated rings. The van der Waals surface area contributed by atoms with Crippen molar-refractivity contribution in [1.82, 2.24) is 0 Å². The highest BCUT2D eigenvalue weighted by Crippen LogP contribution is 2.21. The van der Waals surface area contributed by atoms with Crippen LogP contribution in [0.4, 0.5) is 5.69 Å². The summed E-state index contributed by atoms with van der Waals surface area (Å²) in [6.45, 7) is 4.02. The number of unbranched alkanes of at least 4 members (excludes halogenated alkanes) is 1. The third-order valence-electron chi connectivity index (χ3n) is 2.87. The predicted molar refractivity (Wildman–Crippen MR) is 73.9 cm³/mol. The Morgan fingerprint density at radius 1 is 1.50 bits per heavy atom. The van der Waals surface area contributed by atoms with E-state index in [1.165, 1.54) is 0 Å². The molecule has 4 heteroatoms. The zero-order valence-corrected chi connectivity index (χ0v) is 11.3. The minimum Gasteiger partial charge on any atom is -0.496 e. The molecule has 100 valence electrons. The van der Waals surface area contributed by atoms with Crippen molar-refractivity contribution in [3.05, 3.63) is 23.8 Å². The fourth-order valence-electron chi connectivity index (χ4n) is 1.75. The summed E-state index contributed by atoms with van der Waals surface area (Å²) in [5.41, 5.74) is 7.55. The van der Waals surface area contributed by atoms with Crippen molar-refractivity contribution in [2.45, 2.75) is 39.2 Å². The van der Waals surface area contributed by atoms with E-state index in [1.54, 1.807) is 7.11 Å². The fourth-order valence-corrected chi connectivity index (χ4v) is 1.75. The van der Waals surface area contributed by atoms with E-state index < -0.39 is 6.04 Å². The van der Waals surface area contributed by atoms with Crippen molar-refractivity contribution in [2.75, 3.05) is 12.4 Å². The number of nitrogens with two attached hydrogens (primary N) is 1. The van der Waals surface area contributed by atoms with Crippen molar-refractivity contribution in [3.8, 4) is 5.75 Å². The van der Waals surface area contributed by atoms with Crippen LogP contribution >= 0.6 is 0 Å². The summed E-state index contributed by atoms with van der Waals surface area (Å²) in [6, 6.07) is 5.09. The van der Waals surface area contributed by atoms with Crippen LogP contribution in [0, 0.1) is 6.92 Å². The van der Waals surface area contributed by atoms with Crippen LogP contribution in [-0.2, 0) is 4.79 Å². The van der Waals surface area contributed by atoms with Gasteiger partial charge < -0.3 is 15.8 Å². The molecular weight excluding hydrogens is 228 g/mol. The molecule has 0 aliphatic heterocycles. The van der Waals surface area contributed by atoms with Crippen LogP contribution in [-0.4, -0.2) is 19.1 Å². The normalized spacial score (nSPS) is 12.0. The van der Waals surface area contributed by atoms with Gasteiger partial charge in [-0.1, -0.05) is 19.8 Å². The molecule has 0 spiro atoms. The topological polar surface area (TPSA) is 64.4 Å². The van der Waals surface area contributed by atoms with E-state index in [2.05, 4.69) is 12.2 Å². The number of rotatable bonds is 6. The largest absolute Gasteiger partial charge is 0.496 e. The number of anilines is 1. The summed E-state index contributed by atoms with van der Waals surface area (Å²) in [5.74, 6) is 0.677. The molecule has 1 aromatic rings. The summed E-state index contributed by atoms with van der Waals surface area (Å²) in [5, 5.41) is 2.82. The van der Waals surface area contributed by atoms with E-state index in [0.29, 0.717) is 0 Å². The monoisotopic (exact) mass is 250 g/mol. The lowest BCUT2D eigenvalue weighted by Crippen LogP contribution is -2.35. The zero-order chi connectivity index (χ0) is 13.5. The van der Waals surface area contributed by atoms with Gasteiger partial charge in [-0.05, 0) is 37.1 Å². The molecule has 0 aliphatic rings. The first-order valence-electron chi connectivity index (χ1n) is 6.29. The summed E-state index contributed by atoms with van der Waals surface area (Å²) in [7, 11) is 1.63. The number of hydrogen-bond donors (Lipinski definition) is 2. The third kappa shape index (κ3) is 4.04. The Morgan fingerprint density at radius 3 is 2.78 bits per heavy atom. The van der Waals surface area contributed by atoms with Crippen LogP contribution in [0.5, 0.6) is 5.75 Å². The van der Waals surface area contributed by atoms with Gasteiger partial charge in [0.1, 0.15) is 5.75 Å². The average molecular weight is 250 g/mol. The van der Waals surface area contributed by atoms with Gasteiger partial charge in [0.15, 0.2) is 0 Å². The maximum Gasteiger partial charge on any atom is 0.241 e. The maximum absolute atomic E-state index is 11.8. The minimum absolute atomic E-state index is 0.131. The molecule has 0 heterocycles. The van der Waals surface area contributed by atoms with Gasteiger partial charge in [0.2, 0.25) is 5.91 Å². The van der Waals surface area contributed by atoms with Gasteiger partial charge in [-0.15, -0.1) is 0 Å². The van der Waals surface area contributed by atoms with Crippen LogP contribution in [0.25, 0.3) is 0 Å². The quantitative estimate of drug-likeness (QED) is 0.815. The Kier molecular flexibility index (Phi) is 5.65. The van der Waals surface area contributed by atoms with Gasteiger partial charge in [0.25, 0.3) is 0 Å². The summed E-state index contributed by atoms with van der Waals surface area (Å²) < 4.78 is 5.17. The first kappa shape index (κ1) is 14.5. The number of aryl methyl sites for hydroxylation is 1. The molecule has 1 rings (SSSR count). The van der Waals surface area contributed by atoms with Crippen LogP contribution in [0.1, 0.15) is 31.7 Å². The first-order chi connectivity index (χ1) is 8.58. The second-order valence-electron chi connectivity index (χ2n) is 4.42. The van der Waals surface area contributed by atoms with Crippen molar-refractivity contribution in [2.24, 2.45) is 5.73 Å². The summed E-state index contributed by atoms with van der Waals surface area (Å²) in [4.78, 5) is 11.8. The van der Waals surface area contributed by atoms with Crippen LogP contribution < -0.4 is 15.8 Å². The van der Waals surface area contributed by atoms with Gasteiger partial charge in [-0.25, -0.2) is 0 Å². The van der Waals surface area contributed by atoms with E-state index in [9.17, 15) is 4.79 Å². The Balaban J connectivity index is 2.61. The van der Waals surface area contributed by atoms with E-state index >= 15 is 0 Å². The highest BCUT2D eigenvalue weighted by atomic mass is 16.5. The molecule has 3 N–H and O–H groups in total. The van der Waals surface area contributed by atoms with Crippen molar-refractivity contribution >= 4 is 11.6 Å². The number of methoxy groups -OCH3 is 1. The van der Waals surface area contributed by atoms with Crippen molar-refractivity contribution in [1.29, 1.82) is 0 Å². The smallest absolute Gasteiger partial charge is 0.241 e. The van der Waals surface area contributed by atoms with Gasteiger partial charge in [0, 0.05) is 5.69 Å². The molecule has 0 saturated carbocycles. The standard InChI is InChI=1S/C14H22N2O2/c1-4-5-6-12(15)14(17)16-11-7-8-13(18-3)10(2)9-11/h7-9,12H,4-6,15H2,1-3H3,(H,16,17)/t12-/m0/s1. The second kappa shape index (κ2) is 7.01. The Hall–Kier alpha value is -1.55. The fraction of sp³-hybridized carbons (Fsp3) is 0.500. The first-order valence-corrected chi connectivity index (χ1v) is 6.29. The van der Waals surface area contributed by atoms with Crippen molar-refractivity contribution < 1.29 is 9.53 Å². The molecule has 0 aliphatic carbocycles. The SMILES string of the molecule is CCCC[C@H](N)C(=O)Nc1ccc(OC)c(C)c1.